The highest BCUT2D eigenvalue weighted by atomic mass is 19.1. The van der Waals surface area contributed by atoms with Crippen LogP contribution < -0.4 is 4.74 Å². The Kier molecular flexibility index (Phi) is 3.03. The van der Waals surface area contributed by atoms with E-state index < -0.39 is 0 Å². The molecule has 3 heteroatoms. The first-order valence-electron chi connectivity index (χ1n) is 6.26. The number of rotatable bonds is 3. The van der Waals surface area contributed by atoms with Gasteiger partial charge in [0, 0.05) is 0 Å². The Labute approximate surface area is 110 Å². The topological polar surface area (TPSA) is 26.3 Å². The van der Waals surface area contributed by atoms with Crippen LogP contribution in [0.25, 0.3) is 0 Å². The van der Waals surface area contributed by atoms with E-state index in [2.05, 4.69) is 0 Å². The second-order valence-electron chi connectivity index (χ2n) is 4.73. The molecule has 1 aliphatic rings. The minimum absolute atomic E-state index is 0.106. The number of carbonyl (C=O) groups excluding carboxylic acids is 1. The lowest BCUT2D eigenvalue weighted by atomic mass is 10.1. The van der Waals surface area contributed by atoms with Crippen molar-refractivity contribution in [2.45, 2.75) is 12.3 Å². The lowest BCUT2D eigenvalue weighted by Crippen LogP contribution is -2.11. The summed E-state index contributed by atoms with van der Waals surface area (Å²) < 4.78 is 18.1. The van der Waals surface area contributed by atoms with Crippen molar-refractivity contribution in [1.82, 2.24) is 0 Å². The van der Waals surface area contributed by atoms with E-state index >= 15 is 0 Å². The predicted molar refractivity (Wildman–Crippen MR) is 69.3 cm³/mol. The summed E-state index contributed by atoms with van der Waals surface area (Å²) >= 11 is 0. The summed E-state index contributed by atoms with van der Waals surface area (Å²) in [6.45, 7) is 0. The molecule has 0 bridgehead atoms. The molecule has 0 aliphatic heterocycles. The van der Waals surface area contributed by atoms with Crippen molar-refractivity contribution in [3.8, 4) is 5.75 Å². The molecule has 0 unspecified atom stereocenters. The Hall–Kier alpha value is -2.16. The molecule has 1 aliphatic carbocycles. The van der Waals surface area contributed by atoms with Gasteiger partial charge in [0.25, 0.3) is 0 Å². The molecule has 0 heterocycles. The lowest BCUT2D eigenvalue weighted by molar-refractivity contribution is -0.135. The number of halogens is 1. The highest BCUT2D eigenvalue weighted by Gasteiger charge is 2.45. The molecule has 0 spiro atoms. The molecule has 19 heavy (non-hydrogen) atoms. The Morgan fingerprint density at radius 1 is 1.05 bits per heavy atom. The molecule has 1 saturated carbocycles. The van der Waals surface area contributed by atoms with Crippen molar-refractivity contribution in [2.75, 3.05) is 0 Å². The average Bonchev–Trinajstić information content (AvgIpc) is 3.21. The molecular weight excluding hydrogens is 243 g/mol. The van der Waals surface area contributed by atoms with Crippen molar-refractivity contribution < 1.29 is 13.9 Å². The van der Waals surface area contributed by atoms with E-state index in [0.29, 0.717) is 5.75 Å². The van der Waals surface area contributed by atoms with Crippen LogP contribution in [0, 0.1) is 11.7 Å². The Bertz CT molecular complexity index is 577. The first kappa shape index (κ1) is 11.9. The molecule has 0 aromatic heterocycles. The number of para-hydroxylation sites is 1. The van der Waals surface area contributed by atoms with Gasteiger partial charge in [-0.3, -0.25) is 4.79 Å². The molecule has 1 fully saturated rings. The van der Waals surface area contributed by atoms with E-state index in [1.54, 1.807) is 24.3 Å². The Morgan fingerprint density at radius 2 is 1.74 bits per heavy atom. The monoisotopic (exact) mass is 256 g/mol. The van der Waals surface area contributed by atoms with Gasteiger partial charge in [-0.1, -0.05) is 30.3 Å². The summed E-state index contributed by atoms with van der Waals surface area (Å²) in [4.78, 5) is 11.9. The normalized spacial score (nSPS) is 20.9. The lowest BCUT2D eigenvalue weighted by Gasteiger charge is -2.03. The van der Waals surface area contributed by atoms with Gasteiger partial charge in [-0.25, -0.2) is 4.39 Å². The Morgan fingerprint density at radius 3 is 2.42 bits per heavy atom. The van der Waals surface area contributed by atoms with Crippen LogP contribution in [-0.4, -0.2) is 5.97 Å². The summed E-state index contributed by atoms with van der Waals surface area (Å²) in [6, 6.07) is 15.3. The number of hydrogen-bond donors (Lipinski definition) is 0. The van der Waals surface area contributed by atoms with Crippen molar-refractivity contribution in [3.63, 3.8) is 0 Å². The van der Waals surface area contributed by atoms with Gasteiger partial charge in [-0.15, -0.1) is 0 Å². The fraction of sp³-hybridized carbons (Fsp3) is 0.188. The highest BCUT2D eigenvalue weighted by Crippen LogP contribution is 2.48. The van der Waals surface area contributed by atoms with Gasteiger partial charge in [-0.05, 0) is 42.2 Å². The zero-order chi connectivity index (χ0) is 13.2. The minimum Gasteiger partial charge on any atom is -0.426 e. The summed E-state index contributed by atoms with van der Waals surface area (Å²) in [5, 5.41) is 0. The molecule has 0 N–H and O–H groups in total. The highest BCUT2D eigenvalue weighted by molar-refractivity contribution is 5.79. The van der Waals surface area contributed by atoms with Crippen molar-refractivity contribution in [3.05, 3.63) is 66.0 Å². The van der Waals surface area contributed by atoms with Crippen LogP contribution in [-0.2, 0) is 4.79 Å². The van der Waals surface area contributed by atoms with Crippen LogP contribution in [0.15, 0.2) is 54.6 Å². The number of benzene rings is 2. The molecule has 2 aromatic rings. The van der Waals surface area contributed by atoms with Crippen LogP contribution in [0.3, 0.4) is 0 Å². The summed E-state index contributed by atoms with van der Waals surface area (Å²) in [6.07, 6.45) is 0.775. The van der Waals surface area contributed by atoms with E-state index in [-0.39, 0.29) is 23.6 Å². The maximum Gasteiger partial charge on any atom is 0.314 e. The van der Waals surface area contributed by atoms with E-state index in [0.717, 1.165) is 12.0 Å². The van der Waals surface area contributed by atoms with Gasteiger partial charge in [-0.2, -0.15) is 0 Å². The van der Waals surface area contributed by atoms with E-state index in [1.165, 1.54) is 12.1 Å². The summed E-state index contributed by atoms with van der Waals surface area (Å²) in [5.74, 6) is 0.160. The maximum atomic E-state index is 12.8. The van der Waals surface area contributed by atoms with Gasteiger partial charge in [0.1, 0.15) is 11.6 Å². The van der Waals surface area contributed by atoms with Crippen LogP contribution >= 0.6 is 0 Å². The van der Waals surface area contributed by atoms with Crippen LogP contribution in [0.4, 0.5) is 4.39 Å². The SMILES string of the molecule is O=C(Oc1ccccc1)[C@@H]1C[C@H]1c1ccc(F)cc1. The first-order chi connectivity index (χ1) is 9.24. The van der Waals surface area contributed by atoms with Crippen LogP contribution in [0.5, 0.6) is 5.75 Å². The smallest absolute Gasteiger partial charge is 0.314 e. The predicted octanol–water partition coefficient (Wildman–Crippen LogP) is 3.53. The minimum atomic E-state index is -0.257. The molecule has 2 nitrogen and oxygen atoms in total. The van der Waals surface area contributed by atoms with Gasteiger partial charge in [0.05, 0.1) is 5.92 Å². The van der Waals surface area contributed by atoms with Gasteiger partial charge >= 0.3 is 5.97 Å². The summed E-state index contributed by atoms with van der Waals surface area (Å²) in [5.41, 5.74) is 0.997. The fourth-order valence-electron chi connectivity index (χ4n) is 2.21. The standard InChI is InChI=1S/C16H13FO2/c17-12-8-6-11(7-9-12)14-10-15(14)16(18)19-13-4-2-1-3-5-13/h1-9,14-15H,10H2/t14-,15+/m0/s1. The number of hydrogen-bond acceptors (Lipinski definition) is 2. The third-order valence-electron chi connectivity index (χ3n) is 3.35. The largest absolute Gasteiger partial charge is 0.426 e. The van der Waals surface area contributed by atoms with Crippen LogP contribution in [0.2, 0.25) is 0 Å². The quantitative estimate of drug-likeness (QED) is 0.620. The third-order valence-corrected chi connectivity index (χ3v) is 3.35. The van der Waals surface area contributed by atoms with E-state index in [9.17, 15) is 9.18 Å². The molecule has 0 amide bonds. The van der Waals surface area contributed by atoms with Gasteiger partial charge < -0.3 is 4.74 Å². The molecule has 2 aromatic carbocycles. The van der Waals surface area contributed by atoms with E-state index in [4.69, 9.17) is 4.74 Å². The van der Waals surface area contributed by atoms with Crippen molar-refractivity contribution >= 4 is 5.97 Å². The van der Waals surface area contributed by atoms with E-state index in [1.807, 2.05) is 18.2 Å². The third kappa shape index (κ3) is 2.65. The van der Waals surface area contributed by atoms with Crippen molar-refractivity contribution in [1.29, 1.82) is 0 Å². The number of carbonyl (C=O) groups is 1. The first-order valence-corrected chi connectivity index (χ1v) is 6.26. The fourth-order valence-corrected chi connectivity index (χ4v) is 2.21. The summed E-state index contributed by atoms with van der Waals surface area (Å²) in [7, 11) is 0. The molecule has 2 atom stereocenters. The average molecular weight is 256 g/mol. The zero-order valence-corrected chi connectivity index (χ0v) is 10.3. The van der Waals surface area contributed by atoms with Gasteiger partial charge in [0.2, 0.25) is 0 Å². The van der Waals surface area contributed by atoms with Gasteiger partial charge in [0.15, 0.2) is 0 Å². The van der Waals surface area contributed by atoms with Crippen LogP contribution in [0.1, 0.15) is 17.9 Å². The molecule has 96 valence electrons. The number of ether oxygens (including phenoxy) is 1. The molecule has 0 radical (unpaired) electrons. The number of esters is 1. The Balaban J connectivity index is 1.63. The maximum absolute atomic E-state index is 12.8. The zero-order valence-electron chi connectivity index (χ0n) is 10.3. The molecular formula is C16H13FO2. The van der Waals surface area contributed by atoms with Crippen molar-refractivity contribution in [2.24, 2.45) is 5.92 Å². The molecule has 3 rings (SSSR count). The second kappa shape index (κ2) is 4.84. The second-order valence-corrected chi connectivity index (χ2v) is 4.73. The molecule has 0 saturated heterocycles.